The standard InChI is InChI=1S/C10H15N3O6.ClH/c11-5-1-2-13(10(18)12-5)9-7(17)6(16)8(19-9)4(15)3-14;/h1-2,4,6-9,14-17H,3H2,(H2,11,12,18);1H/t4-,6-,7-,8-,9-;/m1./s1. The lowest BCUT2D eigenvalue weighted by Gasteiger charge is -2.18. The number of hydrogen-bond acceptors (Lipinski definition) is 8. The van der Waals surface area contributed by atoms with Gasteiger partial charge in [0.15, 0.2) is 6.23 Å². The molecule has 9 nitrogen and oxygen atoms in total. The minimum absolute atomic E-state index is 0. The first-order valence-corrected chi connectivity index (χ1v) is 5.61. The van der Waals surface area contributed by atoms with Crippen LogP contribution in [-0.4, -0.2) is 61.0 Å². The molecule has 0 bridgehead atoms. The Bertz CT molecular complexity index is 512. The van der Waals surface area contributed by atoms with E-state index in [0.29, 0.717) is 0 Å². The largest absolute Gasteiger partial charge is 0.394 e. The Morgan fingerprint density at radius 3 is 2.65 bits per heavy atom. The number of aromatic nitrogens is 2. The third-order valence-corrected chi connectivity index (χ3v) is 2.97. The second-order valence-corrected chi connectivity index (χ2v) is 4.26. The summed E-state index contributed by atoms with van der Waals surface area (Å²) in [7, 11) is 0. The van der Waals surface area contributed by atoms with Crippen molar-refractivity contribution >= 4 is 18.2 Å². The Morgan fingerprint density at radius 1 is 1.45 bits per heavy atom. The van der Waals surface area contributed by atoms with Crippen LogP contribution < -0.4 is 11.4 Å². The molecule has 0 aliphatic carbocycles. The van der Waals surface area contributed by atoms with E-state index in [9.17, 15) is 20.1 Å². The van der Waals surface area contributed by atoms with Crippen molar-refractivity contribution in [2.24, 2.45) is 0 Å². The molecule has 5 atom stereocenters. The van der Waals surface area contributed by atoms with Gasteiger partial charge in [-0.1, -0.05) is 0 Å². The first-order chi connectivity index (χ1) is 8.95. The van der Waals surface area contributed by atoms with E-state index in [1.54, 1.807) is 0 Å². The SMILES string of the molecule is Cl.Nc1ccn([C@@H]2O[C@H]([C@H](O)CO)[C@H](O)[C@H]2O)c(=O)n1. The monoisotopic (exact) mass is 309 g/mol. The summed E-state index contributed by atoms with van der Waals surface area (Å²) in [6.45, 7) is -0.643. The van der Waals surface area contributed by atoms with Crippen LogP contribution in [0.25, 0.3) is 0 Å². The second kappa shape index (κ2) is 6.48. The maximum absolute atomic E-state index is 11.6. The first-order valence-electron chi connectivity index (χ1n) is 5.61. The molecule has 1 aromatic heterocycles. The lowest BCUT2D eigenvalue weighted by Crippen LogP contribution is -2.40. The van der Waals surface area contributed by atoms with Gasteiger partial charge in [-0.3, -0.25) is 4.57 Å². The molecule has 0 amide bonds. The number of nitrogen functional groups attached to an aromatic ring is 1. The van der Waals surface area contributed by atoms with Crippen molar-refractivity contribution in [2.75, 3.05) is 12.3 Å². The lowest BCUT2D eigenvalue weighted by atomic mass is 10.1. The van der Waals surface area contributed by atoms with E-state index in [1.807, 2.05) is 0 Å². The summed E-state index contributed by atoms with van der Waals surface area (Å²) in [5.74, 6) is 0.0150. The molecule has 10 heteroatoms. The molecular weight excluding hydrogens is 294 g/mol. The highest BCUT2D eigenvalue weighted by molar-refractivity contribution is 5.85. The summed E-state index contributed by atoms with van der Waals surface area (Å²) >= 11 is 0. The van der Waals surface area contributed by atoms with E-state index < -0.39 is 42.9 Å². The number of rotatable bonds is 3. The zero-order valence-electron chi connectivity index (χ0n) is 10.2. The number of aliphatic hydroxyl groups is 4. The van der Waals surface area contributed by atoms with Crippen LogP contribution in [0.1, 0.15) is 6.23 Å². The predicted octanol–water partition coefficient (Wildman–Crippen LogP) is -2.78. The molecule has 2 rings (SSSR count). The molecule has 114 valence electrons. The Balaban J connectivity index is 0.00000200. The number of halogens is 1. The van der Waals surface area contributed by atoms with Crippen molar-refractivity contribution < 1.29 is 25.2 Å². The fraction of sp³-hybridized carbons (Fsp3) is 0.600. The van der Waals surface area contributed by atoms with Gasteiger partial charge < -0.3 is 30.9 Å². The average molecular weight is 310 g/mol. The maximum atomic E-state index is 11.6. The van der Waals surface area contributed by atoms with Crippen LogP contribution in [0.4, 0.5) is 5.82 Å². The Kier molecular flexibility index (Phi) is 5.45. The number of nitrogens with two attached hydrogens (primary N) is 1. The molecule has 0 unspecified atom stereocenters. The van der Waals surface area contributed by atoms with Gasteiger partial charge in [0.1, 0.15) is 30.2 Å². The summed E-state index contributed by atoms with van der Waals surface area (Å²) in [6, 6.07) is 1.33. The van der Waals surface area contributed by atoms with Crippen LogP contribution in [0.15, 0.2) is 17.1 Å². The molecule has 1 aliphatic heterocycles. The summed E-state index contributed by atoms with van der Waals surface area (Å²) in [5, 5.41) is 37.8. The van der Waals surface area contributed by atoms with Crippen molar-refractivity contribution in [3.8, 4) is 0 Å². The number of nitrogens with zero attached hydrogens (tertiary/aromatic N) is 2. The Hall–Kier alpha value is -1.23. The lowest BCUT2D eigenvalue weighted by molar-refractivity contribution is -0.0981. The Morgan fingerprint density at radius 2 is 2.10 bits per heavy atom. The third kappa shape index (κ3) is 2.92. The zero-order chi connectivity index (χ0) is 14.2. The van der Waals surface area contributed by atoms with Crippen LogP contribution in [0.2, 0.25) is 0 Å². The number of aliphatic hydroxyl groups excluding tert-OH is 4. The number of anilines is 1. The Labute approximate surface area is 119 Å². The molecule has 1 fully saturated rings. The highest BCUT2D eigenvalue weighted by atomic mass is 35.5. The van der Waals surface area contributed by atoms with Crippen LogP contribution in [0.3, 0.4) is 0 Å². The highest BCUT2D eigenvalue weighted by Crippen LogP contribution is 2.30. The van der Waals surface area contributed by atoms with Gasteiger partial charge in [0, 0.05) is 6.20 Å². The van der Waals surface area contributed by atoms with E-state index >= 15 is 0 Å². The van der Waals surface area contributed by atoms with E-state index in [-0.39, 0.29) is 18.2 Å². The molecule has 0 aromatic carbocycles. The van der Waals surface area contributed by atoms with Gasteiger partial charge in [-0.15, -0.1) is 12.4 Å². The molecular formula is C10H16ClN3O6. The van der Waals surface area contributed by atoms with Gasteiger partial charge in [-0.05, 0) is 6.07 Å². The third-order valence-electron chi connectivity index (χ3n) is 2.97. The second-order valence-electron chi connectivity index (χ2n) is 4.26. The van der Waals surface area contributed by atoms with Gasteiger partial charge in [-0.25, -0.2) is 4.79 Å². The topological polar surface area (TPSA) is 151 Å². The summed E-state index contributed by atoms with van der Waals surface area (Å²) in [5.41, 5.74) is 4.58. The molecule has 0 saturated carbocycles. The van der Waals surface area contributed by atoms with Crippen LogP contribution in [0, 0.1) is 0 Å². The van der Waals surface area contributed by atoms with Crippen molar-refractivity contribution in [3.05, 3.63) is 22.7 Å². The van der Waals surface area contributed by atoms with Crippen molar-refractivity contribution in [1.82, 2.24) is 9.55 Å². The smallest absolute Gasteiger partial charge is 0.351 e. The van der Waals surface area contributed by atoms with Crippen LogP contribution in [0.5, 0.6) is 0 Å². The zero-order valence-corrected chi connectivity index (χ0v) is 11.1. The maximum Gasteiger partial charge on any atom is 0.351 e. The molecule has 1 aromatic rings. The highest BCUT2D eigenvalue weighted by Gasteiger charge is 2.46. The summed E-state index contributed by atoms with van der Waals surface area (Å²) in [6.07, 6.45) is -5.38. The van der Waals surface area contributed by atoms with E-state index in [1.165, 1.54) is 12.3 Å². The molecule has 1 aliphatic rings. The quantitative estimate of drug-likeness (QED) is 0.402. The number of hydrogen-bond donors (Lipinski definition) is 5. The molecule has 6 N–H and O–H groups in total. The minimum atomic E-state index is -1.44. The van der Waals surface area contributed by atoms with Crippen molar-refractivity contribution in [2.45, 2.75) is 30.6 Å². The predicted molar refractivity (Wildman–Crippen MR) is 69.2 cm³/mol. The van der Waals surface area contributed by atoms with Gasteiger partial charge >= 0.3 is 5.69 Å². The molecule has 2 heterocycles. The van der Waals surface area contributed by atoms with Crippen molar-refractivity contribution in [3.63, 3.8) is 0 Å². The van der Waals surface area contributed by atoms with Crippen molar-refractivity contribution in [1.29, 1.82) is 0 Å². The van der Waals surface area contributed by atoms with E-state index in [4.69, 9.17) is 15.6 Å². The molecule has 20 heavy (non-hydrogen) atoms. The van der Waals surface area contributed by atoms with Crippen LogP contribution >= 0.6 is 12.4 Å². The summed E-state index contributed by atoms with van der Waals surface area (Å²) < 4.78 is 6.17. The average Bonchev–Trinajstić information content (AvgIpc) is 2.66. The minimum Gasteiger partial charge on any atom is -0.394 e. The fourth-order valence-corrected chi connectivity index (χ4v) is 1.96. The van der Waals surface area contributed by atoms with E-state index in [0.717, 1.165) is 4.57 Å². The summed E-state index contributed by atoms with van der Waals surface area (Å²) in [4.78, 5) is 15.1. The molecule has 0 radical (unpaired) electrons. The van der Waals surface area contributed by atoms with Gasteiger partial charge in [-0.2, -0.15) is 4.98 Å². The van der Waals surface area contributed by atoms with Gasteiger partial charge in [0.05, 0.1) is 6.61 Å². The number of ether oxygens (including phenoxy) is 1. The molecule has 1 saturated heterocycles. The van der Waals surface area contributed by atoms with Crippen LogP contribution in [-0.2, 0) is 4.74 Å². The van der Waals surface area contributed by atoms with Gasteiger partial charge in [0.25, 0.3) is 0 Å². The molecule has 0 spiro atoms. The fourth-order valence-electron chi connectivity index (χ4n) is 1.96. The van der Waals surface area contributed by atoms with Gasteiger partial charge in [0.2, 0.25) is 0 Å². The van der Waals surface area contributed by atoms with E-state index in [2.05, 4.69) is 4.98 Å². The first kappa shape index (κ1) is 16.8. The normalized spacial score (nSPS) is 30.8.